The molecule has 0 aliphatic carbocycles. The maximum absolute atomic E-state index is 2.33. The fourth-order valence-corrected chi connectivity index (χ4v) is 2.64. The highest BCUT2D eigenvalue weighted by Gasteiger charge is 2.28. The summed E-state index contributed by atoms with van der Waals surface area (Å²) in [6.07, 6.45) is 5.62. The van der Waals surface area contributed by atoms with E-state index in [1.54, 1.807) is 0 Å². The van der Waals surface area contributed by atoms with Gasteiger partial charge in [-0.2, -0.15) is 0 Å². The first-order valence-corrected chi connectivity index (χ1v) is 8.07. The molecule has 1 rings (SSSR count). The predicted octanol–water partition coefficient (Wildman–Crippen LogP) is 7.01. The van der Waals surface area contributed by atoms with E-state index in [0.717, 1.165) is 6.42 Å². The normalized spacial score (nSPS) is 11.2. The Morgan fingerprint density at radius 3 is 1.70 bits per heavy atom. The summed E-state index contributed by atoms with van der Waals surface area (Å²) in [6.45, 7) is 19.4. The van der Waals surface area contributed by atoms with Crippen LogP contribution >= 0.6 is 0 Å². The van der Waals surface area contributed by atoms with Crippen molar-refractivity contribution in [3.63, 3.8) is 0 Å². The lowest BCUT2D eigenvalue weighted by Crippen LogP contribution is -2.25. The third-order valence-electron chi connectivity index (χ3n) is 3.07. The van der Waals surface area contributed by atoms with Crippen LogP contribution in [0, 0.1) is 5.41 Å². The summed E-state index contributed by atoms with van der Waals surface area (Å²) in [5.74, 6) is 0. The van der Waals surface area contributed by atoms with E-state index in [1.807, 2.05) is 27.7 Å². The predicted molar refractivity (Wildman–Crippen MR) is 95.4 cm³/mol. The van der Waals surface area contributed by atoms with Gasteiger partial charge in [-0.1, -0.05) is 97.9 Å². The van der Waals surface area contributed by atoms with Crippen LogP contribution in [0.5, 0.6) is 0 Å². The molecule has 20 heavy (non-hydrogen) atoms. The quantitative estimate of drug-likeness (QED) is 0.519. The Bertz CT molecular complexity index is 342. The lowest BCUT2D eigenvalue weighted by molar-refractivity contribution is 0.321. The molecule has 0 fully saturated rings. The molecule has 0 aromatic heterocycles. The molecule has 0 saturated heterocycles. The van der Waals surface area contributed by atoms with Crippen molar-refractivity contribution in [2.24, 2.45) is 5.41 Å². The van der Waals surface area contributed by atoms with Gasteiger partial charge < -0.3 is 0 Å². The lowest BCUT2D eigenvalue weighted by Gasteiger charge is -2.33. The molecule has 0 aliphatic rings. The Morgan fingerprint density at radius 1 is 0.850 bits per heavy atom. The number of hydrogen-bond acceptors (Lipinski definition) is 0. The minimum absolute atomic E-state index is 0.226. The molecule has 0 spiro atoms. The standard InChI is InChI=1S/C16H24.2C2H6/c1-6-12-15(2,3)13-16(4,5)14-10-8-7-9-11-14;2*1-2/h6-12H,13H2,1-5H3;2*1-2H3/b12-6+;;. The van der Waals surface area contributed by atoms with Gasteiger partial charge in [0.05, 0.1) is 0 Å². The van der Waals surface area contributed by atoms with Crippen LogP contribution in [0.2, 0.25) is 0 Å². The molecule has 1 aromatic rings. The minimum atomic E-state index is 0.226. The maximum atomic E-state index is 2.33. The summed E-state index contributed by atoms with van der Waals surface area (Å²) in [6, 6.07) is 10.8. The molecular formula is C20H36. The summed E-state index contributed by atoms with van der Waals surface area (Å²) in [7, 11) is 0. The summed E-state index contributed by atoms with van der Waals surface area (Å²) in [4.78, 5) is 0. The monoisotopic (exact) mass is 276 g/mol. The highest BCUT2D eigenvalue weighted by atomic mass is 14.3. The van der Waals surface area contributed by atoms with E-state index in [4.69, 9.17) is 0 Å². The van der Waals surface area contributed by atoms with Crippen LogP contribution in [0.4, 0.5) is 0 Å². The van der Waals surface area contributed by atoms with Crippen molar-refractivity contribution in [2.45, 2.75) is 74.1 Å². The van der Waals surface area contributed by atoms with Gasteiger partial charge in [-0.3, -0.25) is 0 Å². The average molecular weight is 277 g/mol. The molecule has 0 radical (unpaired) electrons. The van der Waals surface area contributed by atoms with E-state index in [2.05, 4.69) is 77.1 Å². The first-order chi connectivity index (χ1) is 9.37. The summed E-state index contributed by atoms with van der Waals surface area (Å²) >= 11 is 0. The molecular weight excluding hydrogens is 240 g/mol. The molecule has 0 bridgehead atoms. The Morgan fingerprint density at radius 2 is 1.30 bits per heavy atom. The van der Waals surface area contributed by atoms with Gasteiger partial charge >= 0.3 is 0 Å². The van der Waals surface area contributed by atoms with Crippen LogP contribution in [-0.2, 0) is 5.41 Å². The second-order valence-corrected chi connectivity index (χ2v) is 5.92. The fourth-order valence-electron chi connectivity index (χ4n) is 2.64. The Labute approximate surface area is 128 Å². The van der Waals surface area contributed by atoms with E-state index in [-0.39, 0.29) is 10.8 Å². The Hall–Kier alpha value is -1.04. The van der Waals surface area contributed by atoms with Gasteiger partial charge in [-0.15, -0.1) is 0 Å². The van der Waals surface area contributed by atoms with Crippen LogP contribution < -0.4 is 0 Å². The van der Waals surface area contributed by atoms with Gasteiger partial charge in [0, 0.05) is 0 Å². The fraction of sp³-hybridized carbons (Fsp3) is 0.600. The van der Waals surface area contributed by atoms with Gasteiger partial charge in [0.2, 0.25) is 0 Å². The van der Waals surface area contributed by atoms with Crippen LogP contribution in [0.3, 0.4) is 0 Å². The molecule has 0 aliphatic heterocycles. The number of rotatable bonds is 4. The van der Waals surface area contributed by atoms with Crippen LogP contribution in [0.1, 0.15) is 74.3 Å². The number of benzene rings is 1. The van der Waals surface area contributed by atoms with Crippen molar-refractivity contribution < 1.29 is 0 Å². The van der Waals surface area contributed by atoms with Gasteiger partial charge in [0.25, 0.3) is 0 Å². The Kier molecular flexibility index (Phi) is 11.4. The van der Waals surface area contributed by atoms with E-state index in [1.165, 1.54) is 5.56 Å². The molecule has 0 atom stereocenters. The van der Waals surface area contributed by atoms with Gasteiger partial charge in [0.1, 0.15) is 0 Å². The first-order valence-electron chi connectivity index (χ1n) is 8.07. The molecule has 0 saturated carbocycles. The molecule has 0 heterocycles. The van der Waals surface area contributed by atoms with Crippen molar-refractivity contribution in [3.8, 4) is 0 Å². The van der Waals surface area contributed by atoms with Crippen molar-refractivity contribution >= 4 is 0 Å². The summed E-state index contributed by atoms with van der Waals surface area (Å²) < 4.78 is 0. The number of hydrogen-bond donors (Lipinski definition) is 0. The highest BCUT2D eigenvalue weighted by molar-refractivity contribution is 5.24. The zero-order valence-electron chi connectivity index (χ0n) is 15.2. The molecule has 1 aromatic carbocycles. The number of allylic oxidation sites excluding steroid dienone is 2. The zero-order chi connectivity index (χ0) is 16.2. The SMILES string of the molecule is C/C=C/C(C)(C)CC(C)(C)c1ccccc1.CC.CC. The molecule has 0 unspecified atom stereocenters. The van der Waals surface area contributed by atoms with E-state index in [0.29, 0.717) is 0 Å². The first kappa shape index (κ1) is 21.3. The highest BCUT2D eigenvalue weighted by Crippen LogP contribution is 2.37. The largest absolute Gasteiger partial charge is 0.0911 e. The van der Waals surface area contributed by atoms with Crippen molar-refractivity contribution in [1.29, 1.82) is 0 Å². The maximum Gasteiger partial charge on any atom is -0.00955 e. The molecule has 0 amide bonds. The average Bonchev–Trinajstić information content (AvgIpc) is 2.43. The smallest absolute Gasteiger partial charge is 0.00955 e. The Balaban J connectivity index is 0. The summed E-state index contributed by atoms with van der Waals surface area (Å²) in [5.41, 5.74) is 1.91. The van der Waals surface area contributed by atoms with E-state index < -0.39 is 0 Å². The van der Waals surface area contributed by atoms with Crippen LogP contribution in [-0.4, -0.2) is 0 Å². The molecule has 116 valence electrons. The van der Waals surface area contributed by atoms with Crippen molar-refractivity contribution in [3.05, 3.63) is 48.0 Å². The molecule has 0 nitrogen and oxygen atoms in total. The van der Waals surface area contributed by atoms with E-state index in [9.17, 15) is 0 Å². The molecule has 0 N–H and O–H groups in total. The molecule has 0 heteroatoms. The minimum Gasteiger partial charge on any atom is -0.0911 e. The van der Waals surface area contributed by atoms with Crippen molar-refractivity contribution in [1.82, 2.24) is 0 Å². The van der Waals surface area contributed by atoms with Gasteiger partial charge in [-0.25, -0.2) is 0 Å². The lowest BCUT2D eigenvalue weighted by atomic mass is 9.71. The van der Waals surface area contributed by atoms with Crippen LogP contribution in [0.25, 0.3) is 0 Å². The van der Waals surface area contributed by atoms with Crippen LogP contribution in [0.15, 0.2) is 42.5 Å². The van der Waals surface area contributed by atoms with Gasteiger partial charge in [0.15, 0.2) is 0 Å². The van der Waals surface area contributed by atoms with Gasteiger partial charge in [-0.05, 0) is 29.7 Å². The summed E-state index contributed by atoms with van der Waals surface area (Å²) in [5, 5.41) is 0. The topological polar surface area (TPSA) is 0 Å². The third-order valence-corrected chi connectivity index (χ3v) is 3.07. The van der Waals surface area contributed by atoms with E-state index >= 15 is 0 Å². The second-order valence-electron chi connectivity index (χ2n) is 5.92. The second kappa shape index (κ2) is 10.7. The zero-order valence-corrected chi connectivity index (χ0v) is 15.2. The third kappa shape index (κ3) is 8.19. The van der Waals surface area contributed by atoms with Crippen molar-refractivity contribution in [2.75, 3.05) is 0 Å².